The van der Waals surface area contributed by atoms with Crippen molar-refractivity contribution in [1.82, 2.24) is 5.32 Å². The lowest BCUT2D eigenvalue weighted by atomic mass is 10.1. The first kappa shape index (κ1) is 9.87. The van der Waals surface area contributed by atoms with E-state index in [-0.39, 0.29) is 0 Å². The van der Waals surface area contributed by atoms with Crippen molar-refractivity contribution >= 4 is 17.4 Å². The number of nitrogens with one attached hydrogen (secondary N) is 2. The molecule has 0 saturated heterocycles. The van der Waals surface area contributed by atoms with Crippen molar-refractivity contribution in [2.45, 2.75) is 17.7 Å². The van der Waals surface area contributed by atoms with Crippen LogP contribution in [-0.4, -0.2) is 19.5 Å². The molecule has 1 heterocycles. The smallest absolute Gasteiger partial charge is 0.0650 e. The largest absolute Gasteiger partial charge is 0.372 e. The summed E-state index contributed by atoms with van der Waals surface area (Å²) < 4.78 is 0. The quantitative estimate of drug-likeness (QED) is 0.745. The zero-order valence-electron chi connectivity index (χ0n) is 8.47. The molecule has 0 aliphatic carbocycles. The Balaban J connectivity index is 2.12. The van der Waals surface area contributed by atoms with Gasteiger partial charge in [0.25, 0.3) is 0 Å². The Morgan fingerprint density at radius 3 is 3.21 bits per heavy atom. The van der Waals surface area contributed by atoms with E-state index in [4.69, 9.17) is 0 Å². The molecule has 3 heteroatoms. The van der Waals surface area contributed by atoms with E-state index >= 15 is 0 Å². The third-order valence-corrected chi connectivity index (χ3v) is 3.58. The summed E-state index contributed by atoms with van der Waals surface area (Å²) in [5.41, 5.74) is 2.72. The lowest BCUT2D eigenvalue weighted by Gasteiger charge is -2.16. The molecular weight excluding hydrogens is 192 g/mol. The van der Waals surface area contributed by atoms with Crippen LogP contribution in [0.5, 0.6) is 0 Å². The van der Waals surface area contributed by atoms with Crippen molar-refractivity contribution in [3.8, 4) is 0 Å². The average Bonchev–Trinajstić information content (AvgIpc) is 2.26. The average molecular weight is 208 g/mol. The van der Waals surface area contributed by atoms with E-state index in [9.17, 15) is 0 Å². The van der Waals surface area contributed by atoms with Crippen molar-refractivity contribution in [3.05, 3.63) is 23.8 Å². The molecule has 1 aromatic carbocycles. The standard InChI is InChI=1S/C11H16N2S/c1-12-8-13-10-4-5-11-9(7-10)3-2-6-14-11/h4-5,7,12-13H,2-3,6,8H2,1H3. The number of benzene rings is 1. The van der Waals surface area contributed by atoms with E-state index in [1.165, 1.54) is 34.7 Å². The van der Waals surface area contributed by atoms with Gasteiger partial charge in [0, 0.05) is 10.6 Å². The molecule has 2 nitrogen and oxygen atoms in total. The van der Waals surface area contributed by atoms with E-state index in [2.05, 4.69) is 28.8 Å². The van der Waals surface area contributed by atoms with Gasteiger partial charge < -0.3 is 10.6 Å². The summed E-state index contributed by atoms with van der Waals surface area (Å²) in [7, 11) is 1.95. The van der Waals surface area contributed by atoms with Gasteiger partial charge in [-0.3, -0.25) is 0 Å². The topological polar surface area (TPSA) is 24.1 Å². The molecule has 1 aliphatic heterocycles. The highest BCUT2D eigenvalue weighted by Gasteiger charge is 2.09. The van der Waals surface area contributed by atoms with Crippen molar-refractivity contribution in [3.63, 3.8) is 0 Å². The molecule has 0 radical (unpaired) electrons. The third-order valence-electron chi connectivity index (χ3n) is 2.38. The summed E-state index contributed by atoms with van der Waals surface area (Å²) in [6.07, 6.45) is 2.55. The maximum absolute atomic E-state index is 3.32. The van der Waals surface area contributed by atoms with Gasteiger partial charge in [0.2, 0.25) is 0 Å². The van der Waals surface area contributed by atoms with Crippen LogP contribution in [-0.2, 0) is 6.42 Å². The fourth-order valence-corrected chi connectivity index (χ4v) is 2.68. The first-order chi connectivity index (χ1) is 6.90. The normalized spacial score (nSPS) is 14.9. The first-order valence-corrected chi connectivity index (χ1v) is 6.03. The predicted molar refractivity (Wildman–Crippen MR) is 63.0 cm³/mol. The minimum atomic E-state index is 0.825. The molecular formula is C11H16N2S. The van der Waals surface area contributed by atoms with Crippen molar-refractivity contribution in [1.29, 1.82) is 0 Å². The SMILES string of the molecule is CNCNc1ccc2c(c1)CCCS2. The highest BCUT2D eigenvalue weighted by Crippen LogP contribution is 2.31. The molecule has 76 valence electrons. The van der Waals surface area contributed by atoms with Crippen LogP contribution in [0.25, 0.3) is 0 Å². The Morgan fingerprint density at radius 2 is 2.36 bits per heavy atom. The van der Waals surface area contributed by atoms with Crippen molar-refractivity contribution in [2.75, 3.05) is 24.8 Å². The summed E-state index contributed by atoms with van der Waals surface area (Å²) in [4.78, 5) is 1.46. The second-order valence-corrected chi connectivity index (χ2v) is 4.62. The van der Waals surface area contributed by atoms with Gasteiger partial charge >= 0.3 is 0 Å². The van der Waals surface area contributed by atoms with Gasteiger partial charge in [0.1, 0.15) is 0 Å². The number of hydrogen-bond donors (Lipinski definition) is 2. The molecule has 0 amide bonds. The molecule has 0 fully saturated rings. The molecule has 0 atom stereocenters. The van der Waals surface area contributed by atoms with E-state index in [0.717, 1.165) is 6.67 Å². The number of hydrogen-bond acceptors (Lipinski definition) is 3. The van der Waals surface area contributed by atoms with Crippen LogP contribution >= 0.6 is 11.8 Å². The second-order valence-electron chi connectivity index (χ2n) is 3.48. The minimum Gasteiger partial charge on any atom is -0.372 e. The summed E-state index contributed by atoms with van der Waals surface area (Å²) in [6, 6.07) is 6.67. The molecule has 0 spiro atoms. The van der Waals surface area contributed by atoms with Crippen LogP contribution in [0.1, 0.15) is 12.0 Å². The number of fused-ring (bicyclic) bond motifs is 1. The number of thioether (sulfide) groups is 1. The molecule has 14 heavy (non-hydrogen) atoms. The summed E-state index contributed by atoms with van der Waals surface area (Å²) in [5, 5.41) is 6.40. The highest BCUT2D eigenvalue weighted by molar-refractivity contribution is 7.99. The fraction of sp³-hybridized carbons (Fsp3) is 0.455. The van der Waals surface area contributed by atoms with Gasteiger partial charge in [-0.1, -0.05) is 0 Å². The summed E-state index contributed by atoms with van der Waals surface area (Å²) in [6.45, 7) is 0.825. The van der Waals surface area contributed by atoms with Gasteiger partial charge in [-0.2, -0.15) is 0 Å². The molecule has 1 aromatic rings. The van der Waals surface area contributed by atoms with Crippen LogP contribution in [0.2, 0.25) is 0 Å². The summed E-state index contributed by atoms with van der Waals surface area (Å²) >= 11 is 1.98. The molecule has 0 saturated carbocycles. The second kappa shape index (κ2) is 4.71. The van der Waals surface area contributed by atoms with Crippen LogP contribution in [0.4, 0.5) is 5.69 Å². The number of anilines is 1. The van der Waals surface area contributed by atoms with E-state index in [0.29, 0.717) is 0 Å². The highest BCUT2D eigenvalue weighted by atomic mass is 32.2. The Labute approximate surface area is 89.5 Å². The zero-order chi connectivity index (χ0) is 9.80. The molecule has 2 rings (SSSR count). The number of rotatable bonds is 3. The Kier molecular flexibility index (Phi) is 3.32. The van der Waals surface area contributed by atoms with Gasteiger partial charge in [-0.15, -0.1) is 11.8 Å². The lowest BCUT2D eigenvalue weighted by molar-refractivity contribution is 0.867. The number of aryl methyl sites for hydroxylation is 1. The molecule has 0 unspecified atom stereocenters. The molecule has 0 bridgehead atoms. The van der Waals surface area contributed by atoms with Crippen LogP contribution in [0.15, 0.2) is 23.1 Å². The van der Waals surface area contributed by atoms with E-state index in [1.807, 2.05) is 18.8 Å². The third kappa shape index (κ3) is 2.22. The lowest BCUT2D eigenvalue weighted by Crippen LogP contribution is -2.16. The maximum atomic E-state index is 3.32. The van der Waals surface area contributed by atoms with Crippen LogP contribution in [0.3, 0.4) is 0 Å². The predicted octanol–water partition coefficient (Wildman–Crippen LogP) is 2.31. The Hall–Kier alpha value is -0.670. The fourth-order valence-electron chi connectivity index (χ4n) is 1.66. The van der Waals surface area contributed by atoms with Crippen molar-refractivity contribution in [2.24, 2.45) is 0 Å². The van der Waals surface area contributed by atoms with Crippen LogP contribution in [0, 0.1) is 0 Å². The van der Waals surface area contributed by atoms with Crippen LogP contribution < -0.4 is 10.6 Å². The van der Waals surface area contributed by atoms with Gasteiger partial charge in [0.15, 0.2) is 0 Å². The van der Waals surface area contributed by atoms with Gasteiger partial charge in [-0.05, 0) is 49.4 Å². The van der Waals surface area contributed by atoms with Gasteiger partial charge in [-0.25, -0.2) is 0 Å². The summed E-state index contributed by atoms with van der Waals surface area (Å²) in [5.74, 6) is 1.27. The Bertz CT molecular complexity index is 312. The zero-order valence-corrected chi connectivity index (χ0v) is 9.29. The maximum Gasteiger partial charge on any atom is 0.0650 e. The van der Waals surface area contributed by atoms with Crippen molar-refractivity contribution < 1.29 is 0 Å². The molecule has 0 aromatic heterocycles. The monoisotopic (exact) mass is 208 g/mol. The molecule has 1 aliphatic rings. The molecule has 2 N–H and O–H groups in total. The minimum absolute atomic E-state index is 0.825. The van der Waals surface area contributed by atoms with E-state index < -0.39 is 0 Å². The first-order valence-electron chi connectivity index (χ1n) is 5.04. The Morgan fingerprint density at radius 1 is 1.43 bits per heavy atom. The van der Waals surface area contributed by atoms with Gasteiger partial charge in [0.05, 0.1) is 6.67 Å². The van der Waals surface area contributed by atoms with E-state index in [1.54, 1.807) is 0 Å².